The SMILES string of the molecule is COc1ccc(-c2ccc(CCC3OCCO3)nn2)cc1. The van der Waals surface area contributed by atoms with Crippen LogP contribution in [0.3, 0.4) is 0 Å². The Kier molecular flexibility index (Phi) is 4.43. The average molecular weight is 286 g/mol. The van der Waals surface area contributed by atoms with Crippen molar-refractivity contribution in [3.8, 4) is 17.0 Å². The Labute approximate surface area is 123 Å². The Morgan fingerprint density at radius 1 is 1.05 bits per heavy atom. The highest BCUT2D eigenvalue weighted by Gasteiger charge is 2.15. The fourth-order valence-corrected chi connectivity index (χ4v) is 2.25. The Morgan fingerprint density at radius 3 is 2.43 bits per heavy atom. The lowest BCUT2D eigenvalue weighted by Crippen LogP contribution is -2.09. The Balaban J connectivity index is 1.62. The number of aromatic nitrogens is 2. The standard InChI is InChI=1S/C16H18N2O3/c1-19-14-6-2-12(3-7-14)15-8-4-13(17-18-15)5-9-16-20-10-11-21-16/h2-4,6-8,16H,5,9-11H2,1H3. The van der Waals surface area contributed by atoms with E-state index in [0.29, 0.717) is 13.2 Å². The predicted octanol–water partition coefficient (Wildman–Crippen LogP) is 2.46. The summed E-state index contributed by atoms with van der Waals surface area (Å²) < 4.78 is 16.0. The zero-order valence-electron chi connectivity index (χ0n) is 12.0. The third kappa shape index (κ3) is 3.56. The van der Waals surface area contributed by atoms with Crippen LogP contribution in [0.15, 0.2) is 36.4 Å². The summed E-state index contributed by atoms with van der Waals surface area (Å²) in [5.41, 5.74) is 2.83. The minimum absolute atomic E-state index is 0.0898. The van der Waals surface area contributed by atoms with E-state index in [-0.39, 0.29) is 6.29 Å². The van der Waals surface area contributed by atoms with Crippen LogP contribution in [0.25, 0.3) is 11.3 Å². The van der Waals surface area contributed by atoms with E-state index in [0.717, 1.165) is 35.5 Å². The summed E-state index contributed by atoms with van der Waals surface area (Å²) in [6, 6.07) is 11.8. The van der Waals surface area contributed by atoms with Crippen molar-refractivity contribution in [2.24, 2.45) is 0 Å². The normalized spacial score (nSPS) is 15.3. The van der Waals surface area contributed by atoms with E-state index in [9.17, 15) is 0 Å². The molecule has 110 valence electrons. The van der Waals surface area contributed by atoms with Crippen LogP contribution in [0.1, 0.15) is 12.1 Å². The zero-order chi connectivity index (χ0) is 14.5. The molecule has 0 amide bonds. The molecule has 0 saturated carbocycles. The first-order valence-corrected chi connectivity index (χ1v) is 7.05. The second kappa shape index (κ2) is 6.65. The largest absolute Gasteiger partial charge is 0.497 e. The Hall–Kier alpha value is -1.98. The van der Waals surface area contributed by atoms with Crippen LogP contribution >= 0.6 is 0 Å². The molecule has 1 saturated heterocycles. The van der Waals surface area contributed by atoms with Gasteiger partial charge in [-0.2, -0.15) is 10.2 Å². The average Bonchev–Trinajstić information content (AvgIpc) is 3.07. The van der Waals surface area contributed by atoms with Crippen molar-refractivity contribution in [1.29, 1.82) is 0 Å². The summed E-state index contributed by atoms with van der Waals surface area (Å²) in [7, 11) is 1.65. The molecule has 2 aromatic rings. The number of rotatable bonds is 5. The fourth-order valence-electron chi connectivity index (χ4n) is 2.25. The van der Waals surface area contributed by atoms with E-state index >= 15 is 0 Å². The van der Waals surface area contributed by atoms with Gasteiger partial charge >= 0.3 is 0 Å². The number of aryl methyl sites for hydroxylation is 1. The highest BCUT2D eigenvalue weighted by molar-refractivity contribution is 5.59. The van der Waals surface area contributed by atoms with Crippen molar-refractivity contribution in [2.45, 2.75) is 19.1 Å². The molecule has 5 heteroatoms. The lowest BCUT2D eigenvalue weighted by Gasteiger charge is -2.08. The van der Waals surface area contributed by atoms with Gasteiger partial charge in [-0.15, -0.1) is 0 Å². The molecule has 1 fully saturated rings. The van der Waals surface area contributed by atoms with E-state index in [2.05, 4.69) is 10.2 Å². The van der Waals surface area contributed by atoms with Gasteiger partial charge in [0.2, 0.25) is 0 Å². The molecule has 0 spiro atoms. The monoisotopic (exact) mass is 286 g/mol. The molecule has 0 N–H and O–H groups in total. The summed E-state index contributed by atoms with van der Waals surface area (Å²) in [4.78, 5) is 0. The number of ether oxygens (including phenoxy) is 3. The summed E-state index contributed by atoms with van der Waals surface area (Å²) >= 11 is 0. The lowest BCUT2D eigenvalue weighted by molar-refractivity contribution is -0.0463. The minimum Gasteiger partial charge on any atom is -0.497 e. The summed E-state index contributed by atoms with van der Waals surface area (Å²) in [6.07, 6.45) is 1.53. The molecule has 1 aromatic carbocycles. The van der Waals surface area contributed by atoms with Crippen LogP contribution in [0.4, 0.5) is 0 Å². The first-order chi connectivity index (χ1) is 10.3. The predicted molar refractivity (Wildman–Crippen MR) is 78.0 cm³/mol. The van der Waals surface area contributed by atoms with Crippen LogP contribution in [0.2, 0.25) is 0 Å². The third-order valence-corrected chi connectivity index (χ3v) is 3.43. The van der Waals surface area contributed by atoms with Crippen LogP contribution < -0.4 is 4.74 Å². The molecule has 1 aliphatic heterocycles. The molecular formula is C16H18N2O3. The molecule has 0 aliphatic carbocycles. The highest BCUT2D eigenvalue weighted by atomic mass is 16.7. The van der Waals surface area contributed by atoms with Crippen LogP contribution in [0, 0.1) is 0 Å². The molecule has 0 radical (unpaired) electrons. The van der Waals surface area contributed by atoms with Crippen LogP contribution in [-0.2, 0) is 15.9 Å². The van der Waals surface area contributed by atoms with E-state index in [1.807, 2.05) is 36.4 Å². The van der Waals surface area contributed by atoms with Gasteiger partial charge < -0.3 is 14.2 Å². The number of nitrogens with zero attached hydrogens (tertiary/aromatic N) is 2. The first kappa shape index (κ1) is 14.0. The second-order valence-electron chi connectivity index (χ2n) is 4.85. The smallest absolute Gasteiger partial charge is 0.158 e. The van der Waals surface area contributed by atoms with Gasteiger partial charge in [-0.05, 0) is 42.8 Å². The van der Waals surface area contributed by atoms with E-state index in [1.165, 1.54) is 0 Å². The molecule has 1 aliphatic rings. The van der Waals surface area contributed by atoms with Crippen LogP contribution in [0.5, 0.6) is 5.75 Å². The maximum Gasteiger partial charge on any atom is 0.158 e. The van der Waals surface area contributed by atoms with E-state index in [1.54, 1.807) is 7.11 Å². The molecule has 3 rings (SSSR count). The third-order valence-electron chi connectivity index (χ3n) is 3.43. The maximum absolute atomic E-state index is 5.41. The molecule has 5 nitrogen and oxygen atoms in total. The molecule has 2 heterocycles. The van der Waals surface area contributed by atoms with Gasteiger partial charge in [0.25, 0.3) is 0 Å². The second-order valence-corrected chi connectivity index (χ2v) is 4.85. The molecule has 0 atom stereocenters. The lowest BCUT2D eigenvalue weighted by atomic mass is 10.1. The van der Waals surface area contributed by atoms with Gasteiger partial charge in [0.1, 0.15) is 5.75 Å². The van der Waals surface area contributed by atoms with Gasteiger partial charge in [-0.1, -0.05) is 0 Å². The number of methoxy groups -OCH3 is 1. The van der Waals surface area contributed by atoms with Crippen molar-refractivity contribution >= 4 is 0 Å². The molecule has 1 aromatic heterocycles. The van der Waals surface area contributed by atoms with Gasteiger partial charge in [-0.3, -0.25) is 0 Å². The Morgan fingerprint density at radius 2 is 1.81 bits per heavy atom. The summed E-state index contributed by atoms with van der Waals surface area (Å²) in [6.45, 7) is 1.37. The first-order valence-electron chi connectivity index (χ1n) is 7.05. The van der Waals surface area contributed by atoms with E-state index < -0.39 is 0 Å². The molecular weight excluding hydrogens is 268 g/mol. The van der Waals surface area contributed by atoms with Gasteiger partial charge in [0, 0.05) is 12.0 Å². The van der Waals surface area contributed by atoms with Gasteiger partial charge in [0.15, 0.2) is 6.29 Å². The van der Waals surface area contributed by atoms with Crippen molar-refractivity contribution < 1.29 is 14.2 Å². The van der Waals surface area contributed by atoms with Crippen LogP contribution in [-0.4, -0.2) is 36.8 Å². The molecule has 0 unspecified atom stereocenters. The Bertz CT molecular complexity index is 563. The zero-order valence-corrected chi connectivity index (χ0v) is 12.0. The molecule has 0 bridgehead atoms. The van der Waals surface area contributed by atoms with E-state index in [4.69, 9.17) is 14.2 Å². The van der Waals surface area contributed by atoms with Gasteiger partial charge in [0.05, 0.1) is 31.7 Å². The highest BCUT2D eigenvalue weighted by Crippen LogP contribution is 2.20. The van der Waals surface area contributed by atoms with Crippen molar-refractivity contribution in [2.75, 3.05) is 20.3 Å². The number of hydrogen-bond acceptors (Lipinski definition) is 5. The summed E-state index contributed by atoms with van der Waals surface area (Å²) in [5, 5.41) is 8.54. The van der Waals surface area contributed by atoms with Gasteiger partial charge in [-0.25, -0.2) is 0 Å². The van der Waals surface area contributed by atoms with Crippen molar-refractivity contribution in [3.63, 3.8) is 0 Å². The van der Waals surface area contributed by atoms with Crippen molar-refractivity contribution in [1.82, 2.24) is 10.2 Å². The van der Waals surface area contributed by atoms with Crippen molar-refractivity contribution in [3.05, 3.63) is 42.1 Å². The number of hydrogen-bond donors (Lipinski definition) is 0. The summed E-state index contributed by atoms with van der Waals surface area (Å²) in [5.74, 6) is 0.833. The minimum atomic E-state index is -0.0898. The maximum atomic E-state index is 5.41. The topological polar surface area (TPSA) is 53.5 Å². The molecule has 21 heavy (non-hydrogen) atoms. The quantitative estimate of drug-likeness (QED) is 0.845. The fraction of sp³-hybridized carbons (Fsp3) is 0.375. The number of benzene rings is 1.